The van der Waals surface area contributed by atoms with E-state index in [0.29, 0.717) is 12.2 Å². The summed E-state index contributed by atoms with van der Waals surface area (Å²) in [5.74, 6) is -0.219. The number of rotatable bonds is 4. The molecule has 1 heterocycles. The third-order valence-corrected chi connectivity index (χ3v) is 2.51. The molecule has 0 spiro atoms. The van der Waals surface area contributed by atoms with Gasteiger partial charge in [0.1, 0.15) is 17.6 Å². The minimum atomic E-state index is -0.219. The first-order valence-corrected chi connectivity index (χ1v) is 5.62. The molecule has 0 aliphatic heterocycles. The lowest BCUT2D eigenvalue weighted by molar-refractivity contribution is 0.625. The minimum absolute atomic E-state index is 0.219. The van der Waals surface area contributed by atoms with E-state index < -0.39 is 0 Å². The van der Waals surface area contributed by atoms with Crippen molar-refractivity contribution >= 4 is 5.69 Å². The summed E-state index contributed by atoms with van der Waals surface area (Å²) in [6.07, 6.45) is 2.31. The van der Waals surface area contributed by atoms with Crippen LogP contribution in [0.15, 0.2) is 42.6 Å². The SMILES string of the molecule is N#Cc1cc(NCCc2cccc(F)c2)ccn1. The summed E-state index contributed by atoms with van der Waals surface area (Å²) in [4.78, 5) is 3.89. The van der Waals surface area contributed by atoms with Crippen LogP contribution in [-0.4, -0.2) is 11.5 Å². The fourth-order valence-corrected chi connectivity index (χ4v) is 1.65. The average molecular weight is 241 g/mol. The van der Waals surface area contributed by atoms with Crippen molar-refractivity contribution in [2.75, 3.05) is 11.9 Å². The molecule has 0 aliphatic carbocycles. The summed E-state index contributed by atoms with van der Waals surface area (Å²) in [5.41, 5.74) is 2.17. The maximum absolute atomic E-state index is 13.0. The Morgan fingerprint density at radius 2 is 2.17 bits per heavy atom. The lowest BCUT2D eigenvalue weighted by Crippen LogP contribution is -2.05. The van der Waals surface area contributed by atoms with Crippen LogP contribution in [0.1, 0.15) is 11.3 Å². The van der Waals surface area contributed by atoms with Crippen LogP contribution in [0.5, 0.6) is 0 Å². The predicted molar refractivity (Wildman–Crippen MR) is 67.5 cm³/mol. The Morgan fingerprint density at radius 1 is 1.28 bits per heavy atom. The van der Waals surface area contributed by atoms with E-state index in [1.807, 2.05) is 12.1 Å². The topological polar surface area (TPSA) is 48.7 Å². The van der Waals surface area contributed by atoms with Crippen LogP contribution in [0.3, 0.4) is 0 Å². The zero-order chi connectivity index (χ0) is 12.8. The monoisotopic (exact) mass is 241 g/mol. The quantitative estimate of drug-likeness (QED) is 0.895. The Hall–Kier alpha value is -2.41. The highest BCUT2D eigenvalue weighted by molar-refractivity contribution is 5.45. The molecule has 3 nitrogen and oxygen atoms in total. The van der Waals surface area contributed by atoms with E-state index in [1.165, 1.54) is 12.1 Å². The lowest BCUT2D eigenvalue weighted by atomic mass is 10.1. The molecule has 4 heteroatoms. The van der Waals surface area contributed by atoms with E-state index in [0.717, 1.165) is 17.7 Å². The summed E-state index contributed by atoms with van der Waals surface area (Å²) in [6, 6.07) is 12.0. The molecule has 90 valence electrons. The van der Waals surface area contributed by atoms with Gasteiger partial charge in [-0.05, 0) is 36.2 Å². The van der Waals surface area contributed by atoms with Crippen molar-refractivity contribution in [1.29, 1.82) is 5.26 Å². The smallest absolute Gasteiger partial charge is 0.142 e. The Balaban J connectivity index is 1.90. The first kappa shape index (κ1) is 12.1. The van der Waals surface area contributed by atoms with Gasteiger partial charge in [0, 0.05) is 18.4 Å². The van der Waals surface area contributed by atoms with Gasteiger partial charge >= 0.3 is 0 Å². The molecule has 2 aromatic rings. The number of benzene rings is 1. The Morgan fingerprint density at radius 3 is 2.94 bits per heavy atom. The fraction of sp³-hybridized carbons (Fsp3) is 0.143. The van der Waals surface area contributed by atoms with Gasteiger partial charge < -0.3 is 5.32 Å². The molecule has 0 aliphatic rings. The molecule has 0 saturated carbocycles. The molecule has 2 rings (SSSR count). The number of nitrogens with zero attached hydrogens (tertiary/aromatic N) is 2. The first-order chi connectivity index (χ1) is 8.78. The Bertz CT molecular complexity index is 575. The zero-order valence-corrected chi connectivity index (χ0v) is 9.73. The highest BCUT2D eigenvalue weighted by Crippen LogP contribution is 2.08. The summed E-state index contributed by atoms with van der Waals surface area (Å²) < 4.78 is 13.0. The van der Waals surface area contributed by atoms with Gasteiger partial charge in [-0.2, -0.15) is 5.26 Å². The van der Waals surface area contributed by atoms with Crippen LogP contribution in [0, 0.1) is 17.1 Å². The van der Waals surface area contributed by atoms with Crippen molar-refractivity contribution in [1.82, 2.24) is 4.98 Å². The van der Waals surface area contributed by atoms with Gasteiger partial charge in [-0.15, -0.1) is 0 Å². The van der Waals surface area contributed by atoms with Crippen molar-refractivity contribution in [2.24, 2.45) is 0 Å². The van der Waals surface area contributed by atoms with Crippen LogP contribution in [0.2, 0.25) is 0 Å². The lowest BCUT2D eigenvalue weighted by Gasteiger charge is -2.06. The number of aromatic nitrogens is 1. The molecular weight excluding hydrogens is 229 g/mol. The maximum atomic E-state index is 13.0. The highest BCUT2D eigenvalue weighted by Gasteiger charge is 1.97. The average Bonchev–Trinajstić information content (AvgIpc) is 2.39. The van der Waals surface area contributed by atoms with E-state index in [9.17, 15) is 4.39 Å². The molecule has 0 saturated heterocycles. The van der Waals surface area contributed by atoms with Crippen molar-refractivity contribution in [3.8, 4) is 6.07 Å². The standard InChI is InChI=1S/C14H12FN3/c15-12-3-1-2-11(8-12)4-6-17-13-5-7-18-14(9-13)10-16/h1-3,5,7-9H,4,6H2,(H,17,18). The van der Waals surface area contributed by atoms with Crippen LogP contribution < -0.4 is 5.32 Å². The van der Waals surface area contributed by atoms with Crippen LogP contribution >= 0.6 is 0 Å². The summed E-state index contributed by atoms with van der Waals surface area (Å²) in [6.45, 7) is 0.679. The second kappa shape index (κ2) is 5.78. The van der Waals surface area contributed by atoms with Gasteiger partial charge in [0.15, 0.2) is 0 Å². The normalized spacial score (nSPS) is 9.78. The van der Waals surface area contributed by atoms with Crippen molar-refractivity contribution < 1.29 is 4.39 Å². The Kier molecular flexibility index (Phi) is 3.87. The van der Waals surface area contributed by atoms with E-state index >= 15 is 0 Å². The van der Waals surface area contributed by atoms with E-state index in [1.54, 1.807) is 24.4 Å². The van der Waals surface area contributed by atoms with Gasteiger partial charge in [0.05, 0.1) is 0 Å². The second-order valence-electron chi connectivity index (χ2n) is 3.85. The van der Waals surface area contributed by atoms with E-state index in [-0.39, 0.29) is 5.82 Å². The molecule has 0 amide bonds. The van der Waals surface area contributed by atoms with Gasteiger partial charge in [-0.3, -0.25) is 0 Å². The molecule has 0 fully saturated rings. The van der Waals surface area contributed by atoms with Gasteiger partial charge in [-0.25, -0.2) is 9.37 Å². The molecule has 0 atom stereocenters. The second-order valence-corrected chi connectivity index (χ2v) is 3.85. The fourth-order valence-electron chi connectivity index (χ4n) is 1.65. The molecule has 18 heavy (non-hydrogen) atoms. The summed E-state index contributed by atoms with van der Waals surface area (Å²) >= 11 is 0. The number of halogens is 1. The third kappa shape index (κ3) is 3.29. The number of hydrogen-bond acceptors (Lipinski definition) is 3. The predicted octanol–water partition coefficient (Wildman–Crippen LogP) is 2.75. The van der Waals surface area contributed by atoms with Crippen LogP contribution in [-0.2, 0) is 6.42 Å². The number of nitrogens with one attached hydrogen (secondary N) is 1. The van der Waals surface area contributed by atoms with Gasteiger partial charge in [0.25, 0.3) is 0 Å². The largest absolute Gasteiger partial charge is 0.385 e. The summed E-state index contributed by atoms with van der Waals surface area (Å²) in [7, 11) is 0. The van der Waals surface area contributed by atoms with E-state index in [4.69, 9.17) is 5.26 Å². The molecule has 1 aromatic heterocycles. The minimum Gasteiger partial charge on any atom is -0.385 e. The number of nitriles is 1. The number of anilines is 1. The van der Waals surface area contributed by atoms with Gasteiger partial charge in [-0.1, -0.05) is 12.1 Å². The molecular formula is C14H12FN3. The van der Waals surface area contributed by atoms with Crippen molar-refractivity contribution in [3.63, 3.8) is 0 Å². The van der Waals surface area contributed by atoms with Crippen molar-refractivity contribution in [2.45, 2.75) is 6.42 Å². The molecule has 1 N–H and O–H groups in total. The Labute approximate surface area is 105 Å². The molecule has 0 bridgehead atoms. The zero-order valence-electron chi connectivity index (χ0n) is 9.73. The number of hydrogen-bond donors (Lipinski definition) is 1. The summed E-state index contributed by atoms with van der Waals surface area (Å²) in [5, 5.41) is 11.9. The van der Waals surface area contributed by atoms with Crippen molar-refractivity contribution in [3.05, 3.63) is 59.7 Å². The van der Waals surface area contributed by atoms with Crippen LogP contribution in [0.4, 0.5) is 10.1 Å². The molecule has 0 unspecified atom stereocenters. The third-order valence-electron chi connectivity index (χ3n) is 2.51. The highest BCUT2D eigenvalue weighted by atomic mass is 19.1. The first-order valence-electron chi connectivity index (χ1n) is 5.62. The number of pyridine rings is 1. The maximum Gasteiger partial charge on any atom is 0.142 e. The van der Waals surface area contributed by atoms with Crippen LogP contribution in [0.25, 0.3) is 0 Å². The molecule has 1 aromatic carbocycles. The van der Waals surface area contributed by atoms with Gasteiger partial charge in [0.2, 0.25) is 0 Å². The molecule has 0 radical (unpaired) electrons. The van der Waals surface area contributed by atoms with E-state index in [2.05, 4.69) is 10.3 Å².